The van der Waals surface area contributed by atoms with E-state index in [1.54, 1.807) is 31.2 Å². The van der Waals surface area contributed by atoms with Crippen LogP contribution in [0.3, 0.4) is 0 Å². The SMILES string of the molecule is CCOc1nc(Nc2ccc3oc(=O)ccc3c2)cc(N)c1C#N. The van der Waals surface area contributed by atoms with E-state index < -0.39 is 5.63 Å². The number of nitrogens with zero attached hydrogens (tertiary/aromatic N) is 2. The van der Waals surface area contributed by atoms with Crippen molar-refractivity contribution in [2.45, 2.75) is 6.92 Å². The predicted octanol–water partition coefficient (Wildman–Crippen LogP) is 2.78. The normalized spacial score (nSPS) is 10.3. The zero-order valence-electron chi connectivity index (χ0n) is 12.9. The molecule has 7 nitrogen and oxygen atoms in total. The minimum absolute atomic E-state index is 0.189. The van der Waals surface area contributed by atoms with E-state index in [0.717, 1.165) is 11.1 Å². The molecule has 0 saturated carbocycles. The zero-order valence-corrected chi connectivity index (χ0v) is 12.9. The lowest BCUT2D eigenvalue weighted by molar-refractivity contribution is 0.326. The van der Waals surface area contributed by atoms with Crippen LogP contribution >= 0.6 is 0 Å². The van der Waals surface area contributed by atoms with Gasteiger partial charge in [-0.15, -0.1) is 0 Å². The third-order valence-electron chi connectivity index (χ3n) is 3.30. The van der Waals surface area contributed by atoms with Crippen LogP contribution in [0.5, 0.6) is 5.88 Å². The van der Waals surface area contributed by atoms with E-state index in [1.807, 2.05) is 12.1 Å². The van der Waals surface area contributed by atoms with Gasteiger partial charge in [0.05, 0.1) is 12.3 Å². The average Bonchev–Trinajstić information content (AvgIpc) is 2.55. The fraction of sp³-hybridized carbons (Fsp3) is 0.118. The van der Waals surface area contributed by atoms with Gasteiger partial charge in [0.1, 0.15) is 23.0 Å². The van der Waals surface area contributed by atoms with Gasteiger partial charge in [0.25, 0.3) is 0 Å². The molecule has 0 fully saturated rings. The second-order valence-corrected chi connectivity index (χ2v) is 4.95. The van der Waals surface area contributed by atoms with Crippen LogP contribution in [0.2, 0.25) is 0 Å². The minimum atomic E-state index is -0.397. The van der Waals surface area contributed by atoms with Crippen molar-refractivity contribution in [3.05, 3.63) is 52.4 Å². The molecule has 120 valence electrons. The van der Waals surface area contributed by atoms with Crippen molar-refractivity contribution in [2.75, 3.05) is 17.7 Å². The fourth-order valence-corrected chi connectivity index (χ4v) is 2.26. The summed E-state index contributed by atoms with van der Waals surface area (Å²) in [7, 11) is 0. The highest BCUT2D eigenvalue weighted by atomic mass is 16.5. The molecule has 7 heteroatoms. The van der Waals surface area contributed by atoms with Crippen LogP contribution in [0.1, 0.15) is 12.5 Å². The summed E-state index contributed by atoms with van der Waals surface area (Å²) in [5.74, 6) is 0.640. The number of hydrogen-bond acceptors (Lipinski definition) is 7. The van der Waals surface area contributed by atoms with E-state index in [9.17, 15) is 4.79 Å². The molecule has 0 amide bonds. The number of anilines is 3. The number of aromatic nitrogens is 1. The molecule has 2 heterocycles. The lowest BCUT2D eigenvalue weighted by atomic mass is 10.2. The smallest absolute Gasteiger partial charge is 0.336 e. The first-order valence-electron chi connectivity index (χ1n) is 7.25. The molecular weight excluding hydrogens is 308 g/mol. The van der Waals surface area contributed by atoms with Gasteiger partial charge in [-0.25, -0.2) is 4.79 Å². The molecule has 3 rings (SSSR count). The second kappa shape index (κ2) is 6.30. The fourth-order valence-electron chi connectivity index (χ4n) is 2.26. The maximum atomic E-state index is 11.2. The van der Waals surface area contributed by atoms with Gasteiger partial charge in [0.2, 0.25) is 5.88 Å². The Morgan fingerprint density at radius 1 is 1.33 bits per heavy atom. The summed E-state index contributed by atoms with van der Waals surface area (Å²) in [5, 5.41) is 13.0. The summed E-state index contributed by atoms with van der Waals surface area (Å²) in [4.78, 5) is 15.5. The van der Waals surface area contributed by atoms with E-state index in [4.69, 9.17) is 20.1 Å². The van der Waals surface area contributed by atoms with Crippen LogP contribution in [0.15, 0.2) is 45.6 Å². The van der Waals surface area contributed by atoms with Crippen molar-refractivity contribution in [3.63, 3.8) is 0 Å². The van der Waals surface area contributed by atoms with Crippen molar-refractivity contribution in [1.29, 1.82) is 5.26 Å². The largest absolute Gasteiger partial charge is 0.477 e. The van der Waals surface area contributed by atoms with Gasteiger partial charge >= 0.3 is 5.63 Å². The van der Waals surface area contributed by atoms with Crippen molar-refractivity contribution in [3.8, 4) is 11.9 Å². The second-order valence-electron chi connectivity index (χ2n) is 4.95. The molecule has 0 saturated heterocycles. The van der Waals surface area contributed by atoms with Crippen molar-refractivity contribution < 1.29 is 9.15 Å². The Labute approximate surface area is 137 Å². The molecule has 0 unspecified atom stereocenters. The molecule has 1 aromatic carbocycles. The molecule has 2 aromatic heterocycles. The number of rotatable bonds is 4. The maximum Gasteiger partial charge on any atom is 0.336 e. The Bertz CT molecular complexity index is 1000. The standard InChI is InChI=1S/C17H14N4O3/c1-2-23-17-12(9-18)13(19)8-15(21-17)20-11-4-5-14-10(7-11)3-6-16(22)24-14/h3-8H,2H2,1H3,(H3,19,20,21). The van der Waals surface area contributed by atoms with Crippen LogP contribution in [0, 0.1) is 11.3 Å². The summed E-state index contributed by atoms with van der Waals surface area (Å²) < 4.78 is 10.5. The van der Waals surface area contributed by atoms with Gasteiger partial charge in [-0.1, -0.05) is 0 Å². The molecule has 0 aliphatic heterocycles. The lowest BCUT2D eigenvalue weighted by Crippen LogP contribution is -2.04. The van der Waals surface area contributed by atoms with E-state index in [1.165, 1.54) is 6.07 Å². The van der Waals surface area contributed by atoms with Crippen molar-refractivity contribution in [2.24, 2.45) is 0 Å². The van der Waals surface area contributed by atoms with Crippen molar-refractivity contribution in [1.82, 2.24) is 4.98 Å². The van der Waals surface area contributed by atoms with Gasteiger partial charge in [0.15, 0.2) is 0 Å². The number of nitrogens with one attached hydrogen (secondary N) is 1. The molecular formula is C17H14N4O3. The Morgan fingerprint density at radius 3 is 2.92 bits per heavy atom. The molecule has 0 atom stereocenters. The van der Waals surface area contributed by atoms with Crippen LogP contribution in [-0.2, 0) is 0 Å². The molecule has 24 heavy (non-hydrogen) atoms. The molecule has 0 aliphatic carbocycles. The Balaban J connectivity index is 1.97. The zero-order chi connectivity index (χ0) is 17.1. The summed E-state index contributed by atoms with van der Waals surface area (Å²) in [6.07, 6.45) is 0. The topological polar surface area (TPSA) is 114 Å². The number of hydrogen-bond donors (Lipinski definition) is 2. The average molecular weight is 322 g/mol. The first-order valence-corrected chi connectivity index (χ1v) is 7.25. The van der Waals surface area contributed by atoms with E-state index >= 15 is 0 Å². The number of nitrogens with two attached hydrogens (primary N) is 1. The Kier molecular flexibility index (Phi) is 4.03. The molecule has 0 aliphatic rings. The molecule has 0 radical (unpaired) electrons. The van der Waals surface area contributed by atoms with Crippen LogP contribution in [-0.4, -0.2) is 11.6 Å². The summed E-state index contributed by atoms with van der Waals surface area (Å²) in [6, 6.07) is 11.8. The quantitative estimate of drug-likeness (QED) is 0.710. The number of nitriles is 1. The van der Waals surface area contributed by atoms with Gasteiger partial charge in [0, 0.05) is 23.2 Å². The van der Waals surface area contributed by atoms with E-state index in [2.05, 4.69) is 10.3 Å². The number of nitrogen functional groups attached to an aromatic ring is 1. The molecule has 3 N–H and O–H groups in total. The highest BCUT2D eigenvalue weighted by Crippen LogP contribution is 2.27. The highest BCUT2D eigenvalue weighted by Gasteiger charge is 2.12. The molecule has 0 spiro atoms. The van der Waals surface area contributed by atoms with Gasteiger partial charge < -0.3 is 20.2 Å². The number of ether oxygens (including phenoxy) is 1. The number of fused-ring (bicyclic) bond motifs is 1. The Morgan fingerprint density at radius 2 is 2.17 bits per heavy atom. The van der Waals surface area contributed by atoms with E-state index in [0.29, 0.717) is 18.0 Å². The monoisotopic (exact) mass is 322 g/mol. The maximum absolute atomic E-state index is 11.2. The van der Waals surface area contributed by atoms with Gasteiger partial charge in [-0.05, 0) is 31.2 Å². The predicted molar refractivity (Wildman–Crippen MR) is 90.3 cm³/mol. The van der Waals surface area contributed by atoms with Gasteiger partial charge in [-0.3, -0.25) is 0 Å². The first kappa shape index (κ1) is 15.4. The van der Waals surface area contributed by atoms with Crippen LogP contribution in [0.25, 0.3) is 11.0 Å². The first-order chi connectivity index (χ1) is 11.6. The summed E-state index contributed by atoms with van der Waals surface area (Å²) in [5.41, 5.74) is 7.22. The third kappa shape index (κ3) is 2.98. The molecule has 0 bridgehead atoms. The van der Waals surface area contributed by atoms with E-state index in [-0.39, 0.29) is 17.1 Å². The lowest BCUT2D eigenvalue weighted by Gasteiger charge is -2.11. The number of benzene rings is 1. The summed E-state index contributed by atoms with van der Waals surface area (Å²) >= 11 is 0. The molecule has 3 aromatic rings. The van der Waals surface area contributed by atoms with Crippen LogP contribution in [0.4, 0.5) is 17.2 Å². The van der Waals surface area contributed by atoms with Crippen LogP contribution < -0.4 is 21.4 Å². The van der Waals surface area contributed by atoms with Crippen molar-refractivity contribution >= 4 is 28.2 Å². The van der Waals surface area contributed by atoms with Gasteiger partial charge in [-0.2, -0.15) is 10.2 Å². The Hall–Kier alpha value is -3.53. The highest BCUT2D eigenvalue weighted by molar-refractivity contribution is 5.81. The third-order valence-corrected chi connectivity index (χ3v) is 3.30. The minimum Gasteiger partial charge on any atom is -0.477 e. The summed E-state index contributed by atoms with van der Waals surface area (Å²) in [6.45, 7) is 2.18. The number of pyridine rings is 1.